The Bertz CT molecular complexity index is 1460. The molecule has 0 saturated heterocycles. The number of nitrogens with zero attached hydrogens (tertiary/aromatic N) is 5. The summed E-state index contributed by atoms with van der Waals surface area (Å²) in [5.41, 5.74) is 9.25. The first-order valence-electron chi connectivity index (χ1n) is 11.3. The van der Waals surface area contributed by atoms with Crippen molar-refractivity contribution in [3.63, 3.8) is 0 Å². The number of ketones is 1. The van der Waals surface area contributed by atoms with Gasteiger partial charge in [0, 0.05) is 35.8 Å². The second kappa shape index (κ2) is 10.5. The summed E-state index contributed by atoms with van der Waals surface area (Å²) >= 11 is 2.41. The van der Waals surface area contributed by atoms with E-state index in [4.69, 9.17) is 5.73 Å². The summed E-state index contributed by atoms with van der Waals surface area (Å²) < 4.78 is 13.6. The molecule has 5 rings (SSSR count). The van der Waals surface area contributed by atoms with Crippen LogP contribution in [-0.2, 0) is 9.59 Å². The molecule has 1 atom stereocenters. The highest BCUT2D eigenvalue weighted by Gasteiger charge is 2.41. The molecule has 0 spiro atoms. The Balaban J connectivity index is 1.40. The van der Waals surface area contributed by atoms with Crippen LogP contribution >= 0.6 is 23.1 Å². The molecule has 1 aromatic carbocycles. The van der Waals surface area contributed by atoms with Gasteiger partial charge in [-0.15, -0.1) is 10.2 Å². The van der Waals surface area contributed by atoms with Crippen molar-refractivity contribution < 1.29 is 14.0 Å². The molecule has 3 heterocycles. The molecule has 37 heavy (non-hydrogen) atoms. The van der Waals surface area contributed by atoms with Gasteiger partial charge in [-0.05, 0) is 48.7 Å². The average Bonchev–Trinajstić information content (AvgIpc) is 3.37. The van der Waals surface area contributed by atoms with Crippen LogP contribution in [0.15, 0.2) is 75.8 Å². The van der Waals surface area contributed by atoms with Crippen LogP contribution in [0.2, 0.25) is 0 Å². The number of nitrogens with one attached hydrogen (secondary N) is 1. The number of Topliss-reactive ketones (excluding diaryl/α,β-unsaturated/α-hetero) is 1. The second-order valence-corrected chi connectivity index (χ2v) is 10.5. The molecule has 0 radical (unpaired) electrons. The average molecular weight is 534 g/mol. The van der Waals surface area contributed by atoms with Crippen LogP contribution in [0.4, 0.5) is 15.2 Å². The van der Waals surface area contributed by atoms with Crippen molar-refractivity contribution in [3.8, 4) is 6.07 Å². The van der Waals surface area contributed by atoms with Gasteiger partial charge in [0.15, 0.2) is 10.1 Å². The Kier molecular flexibility index (Phi) is 6.98. The summed E-state index contributed by atoms with van der Waals surface area (Å²) in [5.74, 6) is -1.02. The van der Waals surface area contributed by atoms with Crippen molar-refractivity contribution >= 4 is 45.6 Å². The molecule has 1 aliphatic heterocycles. The van der Waals surface area contributed by atoms with Crippen molar-refractivity contribution in [1.82, 2.24) is 15.2 Å². The molecule has 1 unspecified atom stereocenters. The van der Waals surface area contributed by atoms with E-state index in [1.165, 1.54) is 47.4 Å². The lowest BCUT2D eigenvalue weighted by Gasteiger charge is -2.37. The Morgan fingerprint density at radius 3 is 2.81 bits per heavy atom. The van der Waals surface area contributed by atoms with Gasteiger partial charge in [0.25, 0.3) is 0 Å². The first-order chi connectivity index (χ1) is 18.0. The number of hydrogen-bond acceptors (Lipinski definition) is 10. The Morgan fingerprint density at radius 2 is 2.08 bits per heavy atom. The maximum Gasteiger partial charge on any atom is 0.234 e. The SMILES string of the molecule is N#CC1=C(N)N(c2nnc(SCC(=O)Nc3ccc(F)cc3)s2)C2=C(C(=O)CCC2)C1c1cccnc1. The number of allylic oxidation sites excluding steroid dienone is 3. The number of amides is 1. The number of benzene rings is 1. The highest BCUT2D eigenvalue weighted by atomic mass is 32.2. The zero-order chi connectivity index (χ0) is 25.9. The fraction of sp³-hybridized carbons (Fsp3) is 0.200. The number of aromatic nitrogens is 3. The number of rotatable bonds is 6. The number of carbonyl (C=O) groups excluding carboxylic acids is 2. The summed E-state index contributed by atoms with van der Waals surface area (Å²) in [6, 6.07) is 11.3. The van der Waals surface area contributed by atoms with Crippen LogP contribution in [0.3, 0.4) is 0 Å². The summed E-state index contributed by atoms with van der Waals surface area (Å²) in [7, 11) is 0. The van der Waals surface area contributed by atoms with E-state index in [-0.39, 0.29) is 34.7 Å². The molecular formula is C25H20FN7O2S2. The van der Waals surface area contributed by atoms with Crippen molar-refractivity contribution in [2.75, 3.05) is 16.0 Å². The lowest BCUT2D eigenvalue weighted by Crippen LogP contribution is -2.38. The number of carbonyl (C=O) groups is 2. The van der Waals surface area contributed by atoms with E-state index >= 15 is 0 Å². The second-order valence-electron chi connectivity index (χ2n) is 8.30. The van der Waals surface area contributed by atoms with Gasteiger partial charge in [-0.2, -0.15) is 5.26 Å². The fourth-order valence-corrected chi connectivity index (χ4v) is 6.07. The lowest BCUT2D eigenvalue weighted by molar-refractivity contribution is -0.116. The van der Waals surface area contributed by atoms with Gasteiger partial charge < -0.3 is 11.1 Å². The number of pyridine rings is 1. The van der Waals surface area contributed by atoms with Crippen molar-refractivity contribution in [1.29, 1.82) is 5.26 Å². The predicted octanol–water partition coefficient (Wildman–Crippen LogP) is 4.11. The van der Waals surface area contributed by atoms with E-state index in [9.17, 15) is 19.2 Å². The summed E-state index contributed by atoms with van der Waals surface area (Å²) in [4.78, 5) is 31.3. The summed E-state index contributed by atoms with van der Waals surface area (Å²) in [5, 5.41) is 21.6. The van der Waals surface area contributed by atoms with Gasteiger partial charge in [-0.3, -0.25) is 19.5 Å². The number of hydrogen-bond donors (Lipinski definition) is 2. The quantitative estimate of drug-likeness (QED) is 0.448. The van der Waals surface area contributed by atoms with Gasteiger partial charge in [-0.25, -0.2) is 4.39 Å². The number of nitrogens with two attached hydrogens (primary N) is 1. The van der Waals surface area contributed by atoms with Crippen LogP contribution in [0.25, 0.3) is 0 Å². The molecule has 12 heteroatoms. The maximum absolute atomic E-state index is 13.1. The highest BCUT2D eigenvalue weighted by Crippen LogP contribution is 2.46. The third-order valence-corrected chi connectivity index (χ3v) is 8.01. The molecule has 1 amide bonds. The van der Waals surface area contributed by atoms with Crippen LogP contribution in [0.1, 0.15) is 30.7 Å². The molecule has 3 N–H and O–H groups in total. The van der Waals surface area contributed by atoms with E-state index in [0.29, 0.717) is 45.7 Å². The summed E-state index contributed by atoms with van der Waals surface area (Å²) in [6.45, 7) is 0. The topological polar surface area (TPSA) is 138 Å². The largest absolute Gasteiger partial charge is 0.384 e. The molecule has 2 aromatic heterocycles. The van der Waals surface area contributed by atoms with E-state index in [1.54, 1.807) is 23.4 Å². The van der Waals surface area contributed by atoms with Gasteiger partial charge >= 0.3 is 0 Å². The highest BCUT2D eigenvalue weighted by molar-refractivity contribution is 8.01. The maximum atomic E-state index is 13.1. The summed E-state index contributed by atoms with van der Waals surface area (Å²) in [6.07, 6.45) is 4.93. The fourth-order valence-electron chi connectivity index (χ4n) is 4.39. The molecule has 2 aliphatic rings. The van der Waals surface area contributed by atoms with Crippen molar-refractivity contribution in [2.45, 2.75) is 29.5 Å². The minimum atomic E-state index is -0.588. The molecular weight excluding hydrogens is 513 g/mol. The van der Waals surface area contributed by atoms with Crippen LogP contribution in [0.5, 0.6) is 0 Å². The third kappa shape index (κ3) is 4.96. The van der Waals surface area contributed by atoms with E-state index in [2.05, 4.69) is 26.6 Å². The molecule has 0 saturated carbocycles. The molecule has 1 aliphatic carbocycles. The smallest absolute Gasteiger partial charge is 0.234 e. The number of nitriles is 1. The predicted molar refractivity (Wildman–Crippen MR) is 138 cm³/mol. The molecule has 9 nitrogen and oxygen atoms in total. The minimum absolute atomic E-state index is 0.0306. The molecule has 0 bridgehead atoms. The first-order valence-corrected chi connectivity index (χ1v) is 13.1. The monoisotopic (exact) mass is 533 g/mol. The van der Waals surface area contributed by atoms with Crippen molar-refractivity contribution in [3.05, 3.63) is 82.8 Å². The van der Waals surface area contributed by atoms with E-state index < -0.39 is 5.92 Å². The van der Waals surface area contributed by atoms with Gasteiger partial charge in [0.1, 0.15) is 11.6 Å². The third-order valence-electron chi connectivity index (χ3n) is 5.97. The van der Waals surface area contributed by atoms with Gasteiger partial charge in [-0.1, -0.05) is 29.2 Å². The Morgan fingerprint density at radius 1 is 1.27 bits per heavy atom. The van der Waals surface area contributed by atoms with E-state index in [1.807, 2.05) is 6.07 Å². The lowest BCUT2D eigenvalue weighted by atomic mass is 9.76. The minimum Gasteiger partial charge on any atom is -0.384 e. The number of thioether (sulfide) groups is 1. The normalized spacial score (nSPS) is 17.5. The number of halogens is 1. The zero-order valence-electron chi connectivity index (χ0n) is 19.3. The Hall–Kier alpha value is -4.08. The standard InChI is InChI=1S/C25H20FN7O2S2/c26-15-6-8-16(9-7-15)30-20(35)13-36-25-32-31-24(37-25)33-18-4-1-5-19(34)22(18)21(17(11-27)23(33)28)14-3-2-10-29-12-14/h2-3,6-10,12,21H,1,4-5,13,28H2,(H,30,35). The first kappa shape index (κ1) is 24.6. The van der Waals surface area contributed by atoms with Gasteiger partial charge in [0.05, 0.1) is 23.3 Å². The molecule has 186 valence electrons. The van der Waals surface area contributed by atoms with Crippen LogP contribution in [-0.4, -0.2) is 32.6 Å². The van der Waals surface area contributed by atoms with Gasteiger partial charge in [0.2, 0.25) is 11.0 Å². The van der Waals surface area contributed by atoms with Crippen LogP contribution < -0.4 is 16.0 Å². The Labute approximate surface area is 219 Å². The number of anilines is 2. The van der Waals surface area contributed by atoms with Crippen LogP contribution in [0, 0.1) is 17.1 Å². The van der Waals surface area contributed by atoms with Crippen molar-refractivity contribution in [2.24, 2.45) is 5.73 Å². The van der Waals surface area contributed by atoms with E-state index in [0.717, 1.165) is 5.56 Å². The zero-order valence-corrected chi connectivity index (χ0v) is 21.0. The molecule has 0 fully saturated rings. The molecule has 3 aromatic rings.